The van der Waals surface area contributed by atoms with Crippen molar-refractivity contribution in [1.29, 1.82) is 0 Å². The first-order chi connectivity index (χ1) is 10.1. The van der Waals surface area contributed by atoms with Crippen LogP contribution >= 0.6 is 11.6 Å². The minimum atomic E-state index is -0.0707. The monoisotopic (exact) mass is 301 g/mol. The van der Waals surface area contributed by atoms with Gasteiger partial charge in [0.25, 0.3) is 5.91 Å². The number of benzene rings is 1. The van der Waals surface area contributed by atoms with Gasteiger partial charge in [0.05, 0.1) is 10.6 Å². The summed E-state index contributed by atoms with van der Waals surface area (Å²) >= 11 is 6.15. The fourth-order valence-corrected chi connectivity index (χ4v) is 2.50. The maximum Gasteiger partial charge on any atom is 0.255 e. The van der Waals surface area contributed by atoms with E-state index in [-0.39, 0.29) is 11.9 Å². The zero-order valence-corrected chi connectivity index (χ0v) is 12.3. The summed E-state index contributed by atoms with van der Waals surface area (Å²) in [6, 6.07) is 9.13. The van der Waals surface area contributed by atoms with Crippen LogP contribution in [0.2, 0.25) is 5.02 Å². The number of carbonyl (C=O) groups is 1. The molecule has 2 N–H and O–H groups in total. The van der Waals surface area contributed by atoms with Gasteiger partial charge in [-0.1, -0.05) is 17.7 Å². The topological polar surface area (TPSA) is 59.2 Å². The summed E-state index contributed by atoms with van der Waals surface area (Å²) in [7, 11) is 0. The fraction of sp³-hybridized carbons (Fsp3) is 0.250. The number of aromatic nitrogens is 1. The maximum atomic E-state index is 12.8. The first kappa shape index (κ1) is 13.9. The molecule has 1 amide bonds. The number of carbonyl (C=O) groups excluding carboxylic acids is 1. The van der Waals surface area contributed by atoms with Gasteiger partial charge in [0.15, 0.2) is 0 Å². The van der Waals surface area contributed by atoms with Gasteiger partial charge in [-0.3, -0.25) is 9.78 Å². The van der Waals surface area contributed by atoms with Gasteiger partial charge >= 0.3 is 0 Å². The van der Waals surface area contributed by atoms with Gasteiger partial charge in [0.1, 0.15) is 0 Å². The van der Waals surface area contributed by atoms with Crippen LogP contribution in [0.15, 0.2) is 42.7 Å². The number of nitrogens with zero attached hydrogens (tertiary/aromatic N) is 2. The van der Waals surface area contributed by atoms with E-state index in [9.17, 15) is 4.79 Å². The van der Waals surface area contributed by atoms with Gasteiger partial charge in [-0.15, -0.1) is 0 Å². The average molecular weight is 302 g/mol. The Morgan fingerprint density at radius 2 is 2.19 bits per heavy atom. The predicted octanol–water partition coefficient (Wildman–Crippen LogP) is 3.12. The quantitative estimate of drug-likeness (QED) is 0.883. The summed E-state index contributed by atoms with van der Waals surface area (Å²) in [5.74, 6) is -0.0707. The third-order valence-corrected chi connectivity index (χ3v) is 3.87. The van der Waals surface area contributed by atoms with Gasteiger partial charge < -0.3 is 10.6 Å². The summed E-state index contributed by atoms with van der Waals surface area (Å²) in [5, 5.41) is 0.436. The van der Waals surface area contributed by atoms with Crippen molar-refractivity contribution in [2.24, 2.45) is 0 Å². The van der Waals surface area contributed by atoms with Crippen LogP contribution in [0.4, 0.5) is 5.69 Å². The fourth-order valence-electron chi connectivity index (χ4n) is 2.30. The molecule has 1 aromatic carbocycles. The second-order valence-electron chi connectivity index (χ2n) is 5.26. The number of halogens is 1. The van der Waals surface area contributed by atoms with Crippen molar-refractivity contribution in [2.75, 3.05) is 5.73 Å². The predicted molar refractivity (Wildman–Crippen MR) is 83.0 cm³/mol. The van der Waals surface area contributed by atoms with Crippen molar-refractivity contribution in [1.82, 2.24) is 9.88 Å². The normalized spacial score (nSPS) is 14.0. The lowest BCUT2D eigenvalue weighted by Gasteiger charge is -2.23. The van der Waals surface area contributed by atoms with Crippen LogP contribution in [-0.2, 0) is 6.54 Å². The van der Waals surface area contributed by atoms with Crippen molar-refractivity contribution in [3.63, 3.8) is 0 Å². The molecule has 2 aromatic rings. The Kier molecular flexibility index (Phi) is 3.80. The van der Waals surface area contributed by atoms with Crippen molar-refractivity contribution in [3.8, 4) is 0 Å². The van der Waals surface area contributed by atoms with Crippen molar-refractivity contribution in [3.05, 3.63) is 58.9 Å². The lowest BCUT2D eigenvalue weighted by molar-refractivity contribution is 0.0730. The molecule has 0 bridgehead atoms. The zero-order chi connectivity index (χ0) is 14.8. The van der Waals surface area contributed by atoms with E-state index in [0.717, 1.165) is 18.4 Å². The number of rotatable bonds is 4. The molecule has 1 fully saturated rings. The molecule has 4 nitrogen and oxygen atoms in total. The molecule has 21 heavy (non-hydrogen) atoms. The van der Waals surface area contributed by atoms with Gasteiger partial charge in [-0.2, -0.15) is 0 Å². The number of nitrogen functional groups attached to an aromatic ring is 1. The smallest absolute Gasteiger partial charge is 0.255 e. The molecule has 1 aliphatic rings. The third-order valence-electron chi connectivity index (χ3n) is 3.55. The van der Waals surface area contributed by atoms with Crippen molar-refractivity contribution in [2.45, 2.75) is 25.4 Å². The van der Waals surface area contributed by atoms with Crippen molar-refractivity contribution >= 4 is 23.2 Å². The molecule has 1 heterocycles. The number of hydrogen-bond acceptors (Lipinski definition) is 3. The van der Waals surface area contributed by atoms with Crippen LogP contribution in [0.3, 0.4) is 0 Å². The van der Waals surface area contributed by atoms with Crippen LogP contribution in [0, 0.1) is 0 Å². The Labute approximate surface area is 128 Å². The summed E-state index contributed by atoms with van der Waals surface area (Å²) in [5.41, 5.74) is 7.79. The second-order valence-corrected chi connectivity index (χ2v) is 5.67. The zero-order valence-electron chi connectivity index (χ0n) is 11.5. The molecule has 0 radical (unpaired) electrons. The van der Waals surface area contributed by atoms with E-state index >= 15 is 0 Å². The minimum Gasteiger partial charge on any atom is -0.399 e. The van der Waals surface area contributed by atoms with E-state index in [1.54, 1.807) is 30.6 Å². The Bertz CT molecular complexity index is 656. The molecule has 0 aliphatic heterocycles. The number of pyridine rings is 1. The molecule has 1 aliphatic carbocycles. The molecule has 3 rings (SSSR count). The van der Waals surface area contributed by atoms with E-state index in [2.05, 4.69) is 4.98 Å². The second kappa shape index (κ2) is 5.74. The molecule has 0 unspecified atom stereocenters. The maximum absolute atomic E-state index is 12.8. The molecule has 0 saturated heterocycles. The van der Waals surface area contributed by atoms with Crippen LogP contribution in [0.5, 0.6) is 0 Å². The lowest BCUT2D eigenvalue weighted by Crippen LogP contribution is -2.32. The van der Waals surface area contributed by atoms with Gasteiger partial charge in [0.2, 0.25) is 0 Å². The van der Waals surface area contributed by atoms with E-state index < -0.39 is 0 Å². The minimum absolute atomic E-state index is 0.0707. The molecular formula is C16H16ClN3O. The van der Waals surface area contributed by atoms with Gasteiger partial charge in [-0.05, 0) is 42.7 Å². The molecule has 108 valence electrons. The van der Waals surface area contributed by atoms with E-state index in [1.807, 2.05) is 17.0 Å². The number of anilines is 1. The Hall–Kier alpha value is -2.07. The van der Waals surface area contributed by atoms with E-state index in [0.29, 0.717) is 22.8 Å². The van der Waals surface area contributed by atoms with E-state index in [4.69, 9.17) is 17.3 Å². The third kappa shape index (κ3) is 3.16. The molecule has 5 heteroatoms. The highest BCUT2D eigenvalue weighted by molar-refractivity contribution is 6.34. The SMILES string of the molecule is Nc1ccc(Cl)c(C(=O)N(Cc2cccnc2)C2CC2)c1. The lowest BCUT2D eigenvalue weighted by atomic mass is 10.1. The average Bonchev–Trinajstić information content (AvgIpc) is 3.32. The first-order valence-corrected chi connectivity index (χ1v) is 7.28. The van der Waals surface area contributed by atoms with Gasteiger partial charge in [-0.25, -0.2) is 0 Å². The Balaban J connectivity index is 1.87. The largest absolute Gasteiger partial charge is 0.399 e. The Morgan fingerprint density at radius 3 is 2.86 bits per heavy atom. The molecular weight excluding hydrogens is 286 g/mol. The van der Waals surface area contributed by atoms with E-state index in [1.165, 1.54) is 0 Å². The summed E-state index contributed by atoms with van der Waals surface area (Å²) in [6.07, 6.45) is 5.57. The van der Waals surface area contributed by atoms with Crippen LogP contribution < -0.4 is 5.73 Å². The molecule has 1 saturated carbocycles. The highest BCUT2D eigenvalue weighted by Crippen LogP contribution is 2.31. The summed E-state index contributed by atoms with van der Waals surface area (Å²) < 4.78 is 0. The standard InChI is InChI=1S/C16H16ClN3O/c17-15-6-3-12(18)8-14(15)16(21)20(13-4-5-13)10-11-2-1-7-19-9-11/h1-3,6-9,13H,4-5,10,18H2. The molecule has 0 spiro atoms. The summed E-state index contributed by atoms with van der Waals surface area (Å²) in [6.45, 7) is 0.544. The molecule has 0 atom stereocenters. The molecule has 1 aromatic heterocycles. The number of nitrogens with two attached hydrogens (primary N) is 1. The first-order valence-electron chi connectivity index (χ1n) is 6.90. The number of amides is 1. The van der Waals surface area contributed by atoms with Gasteiger partial charge in [0, 0.05) is 30.7 Å². The summed E-state index contributed by atoms with van der Waals surface area (Å²) in [4.78, 5) is 18.7. The highest BCUT2D eigenvalue weighted by atomic mass is 35.5. The van der Waals surface area contributed by atoms with Crippen LogP contribution in [0.25, 0.3) is 0 Å². The number of hydrogen-bond donors (Lipinski definition) is 1. The Morgan fingerprint density at radius 1 is 1.38 bits per heavy atom. The highest BCUT2D eigenvalue weighted by Gasteiger charge is 2.33. The van der Waals surface area contributed by atoms with Crippen molar-refractivity contribution < 1.29 is 4.79 Å². The van der Waals surface area contributed by atoms with Crippen LogP contribution in [0.1, 0.15) is 28.8 Å². The van der Waals surface area contributed by atoms with Crippen LogP contribution in [-0.4, -0.2) is 21.8 Å².